The van der Waals surface area contributed by atoms with E-state index in [4.69, 9.17) is 0 Å². The first-order valence-electron chi connectivity index (χ1n) is 6.75. The second-order valence-electron chi connectivity index (χ2n) is 4.55. The van der Waals surface area contributed by atoms with E-state index >= 15 is 0 Å². The normalized spacial score (nSPS) is 10.8. The molecule has 0 unspecified atom stereocenters. The number of rotatable bonds is 9. The number of pyridine rings is 1. The molecule has 0 spiro atoms. The maximum Gasteiger partial charge on any atom is 0.0544 e. The molecule has 18 heavy (non-hydrogen) atoms. The Bertz CT molecular complexity index is 335. The second-order valence-corrected chi connectivity index (χ2v) is 4.55. The summed E-state index contributed by atoms with van der Waals surface area (Å²) in [6.07, 6.45) is 3.01. The van der Waals surface area contributed by atoms with Crippen LogP contribution in [0.5, 0.6) is 0 Å². The fourth-order valence-electron chi connectivity index (χ4n) is 1.81. The van der Waals surface area contributed by atoms with Crippen molar-refractivity contribution in [2.45, 2.75) is 26.8 Å². The molecule has 1 aromatic heterocycles. The third kappa shape index (κ3) is 5.94. The average Bonchev–Trinajstić information content (AvgIpc) is 2.39. The average molecular weight is 247 g/mol. The molecule has 0 saturated carbocycles. The monoisotopic (exact) mass is 247 g/mol. The SMILES string of the molecule is C=C(CNCCC)CN(CC)Cc1ccccn1. The summed E-state index contributed by atoms with van der Waals surface area (Å²) in [5.41, 5.74) is 2.36. The predicted octanol–water partition coefficient (Wildman–Crippen LogP) is 2.46. The molecule has 100 valence electrons. The van der Waals surface area contributed by atoms with Gasteiger partial charge in [0.1, 0.15) is 0 Å². The van der Waals surface area contributed by atoms with Gasteiger partial charge in [-0.3, -0.25) is 9.88 Å². The van der Waals surface area contributed by atoms with E-state index in [0.717, 1.165) is 38.4 Å². The number of nitrogens with one attached hydrogen (secondary N) is 1. The van der Waals surface area contributed by atoms with Gasteiger partial charge in [0.15, 0.2) is 0 Å². The lowest BCUT2D eigenvalue weighted by Gasteiger charge is -2.21. The van der Waals surface area contributed by atoms with E-state index in [9.17, 15) is 0 Å². The molecule has 0 aliphatic heterocycles. The molecule has 1 heterocycles. The molecule has 0 atom stereocenters. The first-order valence-corrected chi connectivity index (χ1v) is 6.75. The molecule has 0 bridgehead atoms. The van der Waals surface area contributed by atoms with Crippen molar-refractivity contribution < 1.29 is 0 Å². The summed E-state index contributed by atoms with van der Waals surface area (Å²) in [6.45, 7) is 13.3. The zero-order valence-corrected chi connectivity index (χ0v) is 11.7. The Kier molecular flexibility index (Phi) is 7.30. The maximum absolute atomic E-state index is 4.36. The zero-order chi connectivity index (χ0) is 13.2. The molecule has 0 aliphatic rings. The van der Waals surface area contributed by atoms with Crippen molar-refractivity contribution in [3.63, 3.8) is 0 Å². The minimum Gasteiger partial charge on any atom is -0.313 e. The van der Waals surface area contributed by atoms with Gasteiger partial charge < -0.3 is 5.32 Å². The molecule has 0 radical (unpaired) electrons. The van der Waals surface area contributed by atoms with Gasteiger partial charge in [0.05, 0.1) is 5.69 Å². The third-order valence-corrected chi connectivity index (χ3v) is 2.81. The second kappa shape index (κ2) is 8.84. The van der Waals surface area contributed by atoms with Crippen molar-refractivity contribution in [3.8, 4) is 0 Å². The number of aromatic nitrogens is 1. The number of likely N-dealkylation sites (N-methyl/N-ethyl adjacent to an activating group) is 1. The lowest BCUT2D eigenvalue weighted by Crippen LogP contribution is -2.29. The largest absolute Gasteiger partial charge is 0.313 e. The molecule has 1 rings (SSSR count). The Hall–Kier alpha value is -1.19. The fraction of sp³-hybridized carbons (Fsp3) is 0.533. The minimum absolute atomic E-state index is 0.893. The smallest absolute Gasteiger partial charge is 0.0544 e. The van der Waals surface area contributed by atoms with Gasteiger partial charge in [-0.2, -0.15) is 0 Å². The lowest BCUT2D eigenvalue weighted by molar-refractivity contribution is 0.298. The van der Waals surface area contributed by atoms with Crippen molar-refractivity contribution >= 4 is 0 Å². The molecule has 3 nitrogen and oxygen atoms in total. The topological polar surface area (TPSA) is 28.2 Å². The van der Waals surface area contributed by atoms with E-state index in [1.165, 1.54) is 12.0 Å². The van der Waals surface area contributed by atoms with Gasteiger partial charge in [0.2, 0.25) is 0 Å². The van der Waals surface area contributed by atoms with Gasteiger partial charge in [-0.05, 0) is 37.2 Å². The third-order valence-electron chi connectivity index (χ3n) is 2.81. The molecule has 0 amide bonds. The van der Waals surface area contributed by atoms with Crippen molar-refractivity contribution in [1.82, 2.24) is 15.2 Å². The van der Waals surface area contributed by atoms with Crippen LogP contribution in [0.4, 0.5) is 0 Å². The summed E-state index contributed by atoms with van der Waals surface area (Å²) < 4.78 is 0. The Balaban J connectivity index is 2.35. The maximum atomic E-state index is 4.36. The van der Waals surface area contributed by atoms with Crippen LogP contribution < -0.4 is 5.32 Å². The Morgan fingerprint density at radius 3 is 2.83 bits per heavy atom. The van der Waals surface area contributed by atoms with Gasteiger partial charge in [-0.25, -0.2) is 0 Å². The van der Waals surface area contributed by atoms with Crippen molar-refractivity contribution in [2.75, 3.05) is 26.2 Å². The Morgan fingerprint density at radius 1 is 1.39 bits per heavy atom. The van der Waals surface area contributed by atoms with Crippen LogP contribution in [-0.4, -0.2) is 36.1 Å². The molecule has 3 heteroatoms. The Morgan fingerprint density at radius 2 is 2.22 bits per heavy atom. The summed E-state index contributed by atoms with van der Waals surface area (Å²) in [5.74, 6) is 0. The van der Waals surface area contributed by atoms with Crippen LogP contribution >= 0.6 is 0 Å². The van der Waals surface area contributed by atoms with Gasteiger partial charge in [0.25, 0.3) is 0 Å². The standard InChI is InChI=1S/C15H25N3/c1-4-9-16-11-14(3)12-18(5-2)13-15-8-6-7-10-17-15/h6-8,10,16H,3-5,9,11-13H2,1-2H3. The van der Waals surface area contributed by atoms with E-state index in [1.807, 2.05) is 18.3 Å². The highest BCUT2D eigenvalue weighted by Gasteiger charge is 2.06. The lowest BCUT2D eigenvalue weighted by atomic mass is 10.2. The van der Waals surface area contributed by atoms with E-state index in [2.05, 4.69) is 41.7 Å². The van der Waals surface area contributed by atoms with Crippen LogP contribution in [0.15, 0.2) is 36.5 Å². The molecular formula is C15H25N3. The molecule has 0 aliphatic carbocycles. The number of nitrogens with zero attached hydrogens (tertiary/aromatic N) is 2. The highest BCUT2D eigenvalue weighted by atomic mass is 15.1. The summed E-state index contributed by atoms with van der Waals surface area (Å²) in [4.78, 5) is 6.72. The number of hydrogen-bond donors (Lipinski definition) is 1. The molecule has 1 N–H and O–H groups in total. The van der Waals surface area contributed by atoms with Crippen molar-refractivity contribution in [1.29, 1.82) is 0 Å². The van der Waals surface area contributed by atoms with E-state index < -0.39 is 0 Å². The highest BCUT2D eigenvalue weighted by molar-refractivity contribution is 5.05. The van der Waals surface area contributed by atoms with Crippen molar-refractivity contribution in [3.05, 3.63) is 42.2 Å². The van der Waals surface area contributed by atoms with Crippen LogP contribution in [0.25, 0.3) is 0 Å². The van der Waals surface area contributed by atoms with Crippen LogP contribution in [-0.2, 0) is 6.54 Å². The summed E-state index contributed by atoms with van der Waals surface area (Å²) >= 11 is 0. The van der Waals surface area contributed by atoms with E-state index in [-0.39, 0.29) is 0 Å². The van der Waals surface area contributed by atoms with Crippen LogP contribution in [0.2, 0.25) is 0 Å². The van der Waals surface area contributed by atoms with Gasteiger partial charge in [-0.15, -0.1) is 0 Å². The minimum atomic E-state index is 0.893. The van der Waals surface area contributed by atoms with Crippen LogP contribution in [0.1, 0.15) is 26.0 Å². The summed E-state index contributed by atoms with van der Waals surface area (Å²) in [7, 11) is 0. The molecule has 0 fully saturated rings. The summed E-state index contributed by atoms with van der Waals surface area (Å²) in [5, 5.41) is 3.39. The highest BCUT2D eigenvalue weighted by Crippen LogP contribution is 2.03. The van der Waals surface area contributed by atoms with E-state index in [0.29, 0.717) is 0 Å². The summed E-state index contributed by atoms with van der Waals surface area (Å²) in [6, 6.07) is 6.06. The quantitative estimate of drug-likeness (QED) is 0.537. The molecule has 0 aromatic carbocycles. The van der Waals surface area contributed by atoms with Gasteiger partial charge >= 0.3 is 0 Å². The fourth-order valence-corrected chi connectivity index (χ4v) is 1.81. The molecule has 0 saturated heterocycles. The predicted molar refractivity (Wildman–Crippen MR) is 77.5 cm³/mol. The zero-order valence-electron chi connectivity index (χ0n) is 11.7. The van der Waals surface area contributed by atoms with Gasteiger partial charge in [-0.1, -0.05) is 26.5 Å². The van der Waals surface area contributed by atoms with E-state index in [1.54, 1.807) is 0 Å². The number of hydrogen-bond acceptors (Lipinski definition) is 3. The van der Waals surface area contributed by atoms with Gasteiger partial charge in [0, 0.05) is 25.8 Å². The molecular weight excluding hydrogens is 222 g/mol. The van der Waals surface area contributed by atoms with Crippen LogP contribution in [0.3, 0.4) is 0 Å². The van der Waals surface area contributed by atoms with Crippen LogP contribution in [0, 0.1) is 0 Å². The Labute approximate surface area is 111 Å². The first kappa shape index (κ1) is 14.9. The van der Waals surface area contributed by atoms with Crippen molar-refractivity contribution in [2.24, 2.45) is 0 Å². The molecule has 1 aromatic rings. The first-order chi connectivity index (χ1) is 8.76.